The molecule has 1 aromatic carbocycles. The topological polar surface area (TPSA) is 273 Å². The fraction of sp³-hybridized carbons (Fsp3) is 0.514. The van der Waals surface area contributed by atoms with Gasteiger partial charge in [0.25, 0.3) is 0 Å². The highest BCUT2D eigenvalue weighted by atomic mass is 32.2. The minimum absolute atomic E-state index is 0.0149. The first-order valence-electron chi connectivity index (χ1n) is 18.4. The molecule has 3 heterocycles. The number of aryl methyl sites for hydroxylation is 1. The molecule has 1 aliphatic rings. The number of alkyl carbamates (subject to hydrolysis) is 1. The Balaban J connectivity index is 1.34. The molecular formula is C37H48N8O12S. The number of amides is 2. The van der Waals surface area contributed by atoms with E-state index in [-0.39, 0.29) is 80.3 Å². The molecule has 1 aliphatic heterocycles. The second-order valence-electron chi connectivity index (χ2n) is 13.7. The molecule has 2 amide bonds. The molecule has 0 spiro atoms. The largest absolute Gasteiger partial charge is 0.461 e. The zero-order valence-corrected chi connectivity index (χ0v) is 33.5. The number of hydrogen-bond donors (Lipinski definition) is 4. The van der Waals surface area contributed by atoms with Crippen molar-refractivity contribution in [2.75, 3.05) is 52.5 Å². The predicted molar refractivity (Wildman–Crippen MR) is 209 cm³/mol. The number of fused-ring (bicyclic) bond motifs is 1. The number of carbonyl (C=O) groups is 7. The maximum absolute atomic E-state index is 13.3. The Kier molecular flexibility index (Phi) is 16.9. The number of nitrogens with one attached hydrogen (secondary N) is 3. The number of nitrogen functional groups attached to an aromatic ring is 1. The highest BCUT2D eigenvalue weighted by Crippen LogP contribution is 2.22. The number of cyclic esters (lactones) is 2. The Morgan fingerprint density at radius 2 is 1.74 bits per heavy atom. The van der Waals surface area contributed by atoms with E-state index in [0.29, 0.717) is 30.7 Å². The Bertz CT molecular complexity index is 2030. The lowest BCUT2D eigenvalue weighted by Gasteiger charge is -2.23. The van der Waals surface area contributed by atoms with Gasteiger partial charge in [0.15, 0.2) is 17.2 Å². The molecule has 0 aliphatic carbocycles. The first-order chi connectivity index (χ1) is 27.6. The van der Waals surface area contributed by atoms with Crippen LogP contribution in [0.5, 0.6) is 6.01 Å². The molecule has 3 atom stereocenters. The summed E-state index contributed by atoms with van der Waals surface area (Å²) < 4.78 is 20.8. The zero-order valence-electron chi connectivity index (χ0n) is 32.7. The number of nitrogens with two attached hydrogens (primary N) is 1. The lowest BCUT2D eigenvalue weighted by Crippen LogP contribution is -2.44. The van der Waals surface area contributed by atoms with Crippen molar-refractivity contribution in [3.8, 4) is 6.01 Å². The summed E-state index contributed by atoms with van der Waals surface area (Å²) in [5.74, 6) is -3.44. The van der Waals surface area contributed by atoms with Gasteiger partial charge in [-0.1, -0.05) is 24.3 Å². The highest BCUT2D eigenvalue weighted by Gasteiger charge is 2.33. The van der Waals surface area contributed by atoms with Gasteiger partial charge in [-0.2, -0.15) is 21.7 Å². The van der Waals surface area contributed by atoms with Crippen LogP contribution in [0.1, 0.15) is 56.6 Å². The summed E-state index contributed by atoms with van der Waals surface area (Å²) in [6, 6.07) is 5.44. The summed E-state index contributed by atoms with van der Waals surface area (Å²) in [4.78, 5) is 111. The van der Waals surface area contributed by atoms with E-state index in [1.165, 1.54) is 23.4 Å². The second kappa shape index (κ2) is 21.7. The van der Waals surface area contributed by atoms with Crippen LogP contribution in [0.25, 0.3) is 11.2 Å². The average Bonchev–Trinajstić information content (AvgIpc) is 3.66. The smallest absolute Gasteiger partial charge is 0.415 e. The minimum Gasteiger partial charge on any atom is -0.461 e. The quantitative estimate of drug-likeness (QED) is 0.0549. The summed E-state index contributed by atoms with van der Waals surface area (Å²) in [7, 11) is 5.23. The maximum atomic E-state index is 13.3. The third kappa shape index (κ3) is 14.1. The molecule has 3 unspecified atom stereocenters. The molecule has 0 radical (unpaired) electrons. The number of esters is 3. The minimum atomic E-state index is -1.06. The summed E-state index contributed by atoms with van der Waals surface area (Å²) in [6.45, 7) is 2.26. The molecule has 5 N–H and O–H groups in total. The van der Waals surface area contributed by atoms with Gasteiger partial charge in [0.1, 0.15) is 23.9 Å². The van der Waals surface area contributed by atoms with Crippen LogP contribution in [0.15, 0.2) is 29.1 Å². The van der Waals surface area contributed by atoms with E-state index < -0.39 is 53.5 Å². The first-order valence-corrected chi connectivity index (χ1v) is 19.5. The van der Waals surface area contributed by atoms with E-state index >= 15 is 0 Å². The summed E-state index contributed by atoms with van der Waals surface area (Å²) in [6.07, 6.45) is -0.993. The first kappa shape index (κ1) is 45.0. The van der Waals surface area contributed by atoms with Crippen molar-refractivity contribution in [3.05, 3.63) is 45.9 Å². The van der Waals surface area contributed by atoms with Crippen LogP contribution < -0.4 is 26.8 Å². The van der Waals surface area contributed by atoms with Crippen molar-refractivity contribution in [3.63, 3.8) is 0 Å². The number of rotatable bonds is 24. The normalized spacial score (nSPS) is 14.8. The van der Waals surface area contributed by atoms with Crippen LogP contribution in [-0.2, 0) is 55.9 Å². The van der Waals surface area contributed by atoms with Gasteiger partial charge in [0.05, 0.1) is 25.6 Å². The van der Waals surface area contributed by atoms with Crippen molar-refractivity contribution in [1.82, 2.24) is 35.1 Å². The third-order valence-electron chi connectivity index (χ3n) is 8.71. The fourth-order valence-electron chi connectivity index (χ4n) is 5.86. The molecular weight excluding hydrogens is 781 g/mol. The average molecular weight is 829 g/mol. The number of hydrogen-bond acceptors (Lipinski definition) is 17. The van der Waals surface area contributed by atoms with Crippen molar-refractivity contribution in [2.45, 2.75) is 75.7 Å². The Morgan fingerprint density at radius 3 is 2.40 bits per heavy atom. The van der Waals surface area contributed by atoms with Crippen molar-refractivity contribution < 1.29 is 52.5 Å². The number of thioether (sulfide) groups is 1. The van der Waals surface area contributed by atoms with Crippen LogP contribution in [0.3, 0.4) is 0 Å². The Labute approximate surface area is 337 Å². The lowest BCUT2D eigenvalue weighted by atomic mass is 10.0. The van der Waals surface area contributed by atoms with E-state index in [0.717, 1.165) is 18.1 Å². The van der Waals surface area contributed by atoms with Crippen molar-refractivity contribution >= 4 is 70.2 Å². The van der Waals surface area contributed by atoms with Gasteiger partial charge in [-0.3, -0.25) is 28.5 Å². The number of aromatic amines is 1. The van der Waals surface area contributed by atoms with E-state index in [9.17, 15) is 38.4 Å². The number of nitrogens with zero attached hydrogens (tertiary/aromatic N) is 4. The molecule has 21 heteroatoms. The summed E-state index contributed by atoms with van der Waals surface area (Å²) in [5.41, 5.74) is 7.93. The molecule has 1 fully saturated rings. The van der Waals surface area contributed by atoms with Crippen LogP contribution >= 0.6 is 11.8 Å². The Morgan fingerprint density at radius 1 is 1.02 bits per heavy atom. The van der Waals surface area contributed by atoms with E-state index in [2.05, 4.69) is 35.1 Å². The van der Waals surface area contributed by atoms with Crippen LogP contribution in [0.2, 0.25) is 0 Å². The monoisotopic (exact) mass is 828 g/mol. The highest BCUT2D eigenvalue weighted by molar-refractivity contribution is 8.00. The molecule has 2 aromatic heterocycles. The van der Waals surface area contributed by atoms with Crippen molar-refractivity contribution in [1.29, 1.82) is 0 Å². The number of benzene rings is 1. The molecule has 314 valence electrons. The number of methoxy groups -OCH3 is 1. The number of Topliss-reactive ketones (excluding diaryl/α,β-unsaturated/α-hetero) is 2. The molecule has 0 saturated carbocycles. The van der Waals surface area contributed by atoms with Crippen molar-refractivity contribution in [2.24, 2.45) is 0 Å². The van der Waals surface area contributed by atoms with Gasteiger partial charge < -0.3 is 45.2 Å². The second-order valence-corrected chi connectivity index (χ2v) is 15.1. The number of ether oxygens (including phenoxy) is 4. The molecule has 3 aromatic rings. The number of imidazole rings is 1. The maximum Gasteiger partial charge on any atom is 0.415 e. The fourth-order valence-corrected chi connectivity index (χ4v) is 7.30. The van der Waals surface area contributed by atoms with Gasteiger partial charge in [-0.05, 0) is 38.1 Å². The molecule has 1 saturated heterocycles. The number of H-pyrrole nitrogens is 1. The van der Waals surface area contributed by atoms with Gasteiger partial charge in [-0.25, -0.2) is 14.4 Å². The van der Waals surface area contributed by atoms with Gasteiger partial charge in [0, 0.05) is 57.3 Å². The number of aromatic nitrogens is 4. The molecule has 58 heavy (non-hydrogen) atoms. The number of ketones is 2. The van der Waals surface area contributed by atoms with Gasteiger partial charge in [-0.15, -0.1) is 0 Å². The molecule has 4 rings (SSSR count). The SMILES string of the molecule is COCCOc1nc(N)c2[nH]c(=O)n(Cc3ccc(CCC(=O)CC(CN(C)C)SCC(NC(=O)CCC4NC(=O)OC4=O)C(=O)CCC(=O)OC(C)=O)cc3)c2n1. The van der Waals surface area contributed by atoms with Crippen LogP contribution in [0.4, 0.5) is 10.6 Å². The molecule has 20 nitrogen and oxygen atoms in total. The third-order valence-corrected chi connectivity index (χ3v) is 10.0. The Hall–Kier alpha value is -5.67. The number of carbonyl (C=O) groups excluding carboxylic acids is 7. The van der Waals surface area contributed by atoms with Gasteiger partial charge in [0.2, 0.25) is 5.91 Å². The summed E-state index contributed by atoms with van der Waals surface area (Å²) in [5, 5.41) is 4.69. The lowest BCUT2D eigenvalue weighted by molar-refractivity contribution is -0.158. The summed E-state index contributed by atoms with van der Waals surface area (Å²) >= 11 is 1.32. The van der Waals surface area contributed by atoms with Crippen LogP contribution in [0, 0.1) is 0 Å². The zero-order chi connectivity index (χ0) is 42.4. The standard InChI is InChI=1S/C37H48N8O12S/c1-21(46)56-30(50)14-12-28(48)27(39-29(49)13-11-26-34(51)57-37(53)40-26)20-58-25(19-44(2)3)17-24(47)10-9-22-5-7-23(8-6-22)18-45-33-31(41-36(45)52)32(38)42-35(43-33)55-16-15-54-4/h5-8,25-27H,9-20H2,1-4H3,(H,39,49)(H,40,53)(H,41,52)(H2,38,42,43). The van der Waals surface area contributed by atoms with Gasteiger partial charge >= 0.3 is 35.7 Å². The van der Waals surface area contributed by atoms with E-state index in [4.69, 9.17) is 15.2 Å². The van der Waals surface area contributed by atoms with Crippen LogP contribution in [-0.4, -0.2) is 130 Å². The van der Waals surface area contributed by atoms with E-state index in [1.54, 1.807) is 0 Å². The van der Waals surface area contributed by atoms with E-state index in [1.807, 2.05) is 43.3 Å². The molecule has 0 bridgehead atoms. The predicted octanol–water partition coefficient (Wildman–Crippen LogP) is 0.670. The number of anilines is 1.